The van der Waals surface area contributed by atoms with E-state index in [0.29, 0.717) is 12.2 Å². The molecule has 0 spiro atoms. The number of benzene rings is 1. The minimum atomic E-state index is 0.257. The topological polar surface area (TPSA) is 35.5 Å². The molecule has 0 fully saturated rings. The van der Waals surface area contributed by atoms with Crippen LogP contribution in [0, 0.1) is 0 Å². The summed E-state index contributed by atoms with van der Waals surface area (Å²) in [6.07, 6.45) is 8.13. The lowest BCUT2D eigenvalue weighted by atomic mass is 9.92. The van der Waals surface area contributed by atoms with E-state index in [0.717, 1.165) is 37.0 Å². The lowest BCUT2D eigenvalue weighted by Crippen LogP contribution is -2.04. The molecular weight excluding hydrogens is 264 g/mol. The average molecular weight is 286 g/mol. The third-order valence-electron chi connectivity index (χ3n) is 3.87. The highest BCUT2D eigenvalue weighted by Gasteiger charge is 2.13. The van der Waals surface area contributed by atoms with Gasteiger partial charge >= 0.3 is 0 Å². The number of ether oxygens (including phenoxy) is 2. The van der Waals surface area contributed by atoms with E-state index >= 15 is 0 Å². The summed E-state index contributed by atoms with van der Waals surface area (Å²) in [6, 6.07) is 3.95. The van der Waals surface area contributed by atoms with E-state index in [-0.39, 0.29) is 5.78 Å². The monoisotopic (exact) mass is 286 g/mol. The van der Waals surface area contributed by atoms with Crippen molar-refractivity contribution >= 4 is 11.9 Å². The second kappa shape index (κ2) is 7.11. The Morgan fingerprint density at radius 2 is 1.86 bits per heavy atom. The molecule has 0 bridgehead atoms. The molecule has 0 N–H and O–H groups in total. The molecule has 1 aliphatic carbocycles. The van der Waals surface area contributed by atoms with E-state index in [9.17, 15) is 4.79 Å². The number of rotatable bonds is 6. The minimum Gasteiger partial charge on any atom is -0.493 e. The first-order valence-corrected chi connectivity index (χ1v) is 7.27. The number of carbonyl (C=O) groups excluding carboxylic acids is 1. The van der Waals surface area contributed by atoms with E-state index in [1.165, 1.54) is 11.1 Å². The van der Waals surface area contributed by atoms with Crippen molar-refractivity contribution < 1.29 is 14.3 Å². The number of hydrogen-bond donors (Lipinski definition) is 0. The summed E-state index contributed by atoms with van der Waals surface area (Å²) >= 11 is 0. The fourth-order valence-corrected chi connectivity index (χ4v) is 2.70. The van der Waals surface area contributed by atoms with Crippen LogP contribution in [0.3, 0.4) is 0 Å². The number of ketones is 1. The molecular formula is C18H22O3. The Labute approximate surface area is 126 Å². The largest absolute Gasteiger partial charge is 0.493 e. The van der Waals surface area contributed by atoms with Crippen molar-refractivity contribution in [2.45, 2.75) is 32.1 Å². The highest BCUT2D eigenvalue weighted by atomic mass is 16.5. The molecule has 1 aromatic rings. The van der Waals surface area contributed by atoms with Gasteiger partial charge in [-0.3, -0.25) is 4.79 Å². The zero-order chi connectivity index (χ0) is 15.2. The Morgan fingerprint density at radius 1 is 1.14 bits per heavy atom. The standard InChI is InChI=1S/C18H22O3/c1-4-14-11-17(20-2)18(21-3)12-15(14)9-8-13-6-5-7-16(19)10-13/h4,10-12H,1,5-9H2,2-3H3. The molecule has 0 heterocycles. The van der Waals surface area contributed by atoms with Gasteiger partial charge in [-0.25, -0.2) is 0 Å². The molecule has 1 aliphatic rings. The number of carbonyl (C=O) groups is 1. The molecule has 0 aliphatic heterocycles. The normalized spacial score (nSPS) is 14.6. The summed E-state index contributed by atoms with van der Waals surface area (Å²) in [5.74, 6) is 1.70. The molecule has 0 amide bonds. The van der Waals surface area contributed by atoms with Crippen LogP contribution in [0.15, 0.2) is 30.4 Å². The molecule has 3 heteroatoms. The summed E-state index contributed by atoms with van der Waals surface area (Å²) in [7, 11) is 3.26. The van der Waals surface area contributed by atoms with Gasteiger partial charge in [0, 0.05) is 6.42 Å². The molecule has 2 rings (SSSR count). The molecule has 0 aromatic heterocycles. The van der Waals surface area contributed by atoms with Gasteiger partial charge in [-0.1, -0.05) is 18.2 Å². The van der Waals surface area contributed by atoms with Crippen LogP contribution in [0.1, 0.15) is 36.8 Å². The van der Waals surface area contributed by atoms with Gasteiger partial charge in [0.1, 0.15) is 0 Å². The first-order chi connectivity index (χ1) is 10.2. The Morgan fingerprint density at radius 3 is 2.48 bits per heavy atom. The van der Waals surface area contributed by atoms with Crippen LogP contribution in [-0.4, -0.2) is 20.0 Å². The van der Waals surface area contributed by atoms with Crippen LogP contribution in [0.4, 0.5) is 0 Å². The molecule has 1 aromatic carbocycles. The third-order valence-corrected chi connectivity index (χ3v) is 3.87. The van der Waals surface area contributed by atoms with Crippen molar-refractivity contribution in [3.8, 4) is 11.5 Å². The molecule has 0 atom stereocenters. The first kappa shape index (κ1) is 15.4. The van der Waals surface area contributed by atoms with Crippen LogP contribution in [0.5, 0.6) is 11.5 Å². The second-order valence-electron chi connectivity index (χ2n) is 5.23. The molecule has 0 saturated carbocycles. The molecule has 112 valence electrons. The smallest absolute Gasteiger partial charge is 0.161 e. The van der Waals surface area contributed by atoms with Gasteiger partial charge in [0.05, 0.1) is 14.2 Å². The van der Waals surface area contributed by atoms with Gasteiger partial charge in [-0.15, -0.1) is 0 Å². The second-order valence-corrected chi connectivity index (χ2v) is 5.23. The number of methoxy groups -OCH3 is 2. The molecule has 0 unspecified atom stereocenters. The lowest BCUT2D eigenvalue weighted by molar-refractivity contribution is -0.115. The maximum absolute atomic E-state index is 11.5. The Hall–Kier alpha value is -2.03. The van der Waals surface area contributed by atoms with Gasteiger partial charge in [0.2, 0.25) is 0 Å². The molecule has 21 heavy (non-hydrogen) atoms. The van der Waals surface area contributed by atoms with Crippen molar-refractivity contribution in [2.24, 2.45) is 0 Å². The molecule has 3 nitrogen and oxygen atoms in total. The minimum absolute atomic E-state index is 0.257. The Kier molecular flexibility index (Phi) is 5.20. The van der Waals surface area contributed by atoms with Crippen molar-refractivity contribution in [1.29, 1.82) is 0 Å². The van der Waals surface area contributed by atoms with Crippen molar-refractivity contribution in [2.75, 3.05) is 14.2 Å². The first-order valence-electron chi connectivity index (χ1n) is 7.27. The number of allylic oxidation sites excluding steroid dienone is 2. The third kappa shape index (κ3) is 3.75. The van der Waals surface area contributed by atoms with Gasteiger partial charge in [-0.2, -0.15) is 0 Å². The summed E-state index contributed by atoms with van der Waals surface area (Å²) < 4.78 is 10.7. The summed E-state index contributed by atoms with van der Waals surface area (Å²) in [6.45, 7) is 3.86. The SMILES string of the molecule is C=Cc1cc(OC)c(OC)cc1CCC1=CC(=O)CCC1. The Bertz CT molecular complexity index is 570. The van der Waals surface area contributed by atoms with Gasteiger partial charge in [-0.05, 0) is 55.0 Å². The summed E-state index contributed by atoms with van der Waals surface area (Å²) in [5, 5.41) is 0. The van der Waals surface area contributed by atoms with Crippen LogP contribution in [-0.2, 0) is 11.2 Å². The predicted molar refractivity (Wildman–Crippen MR) is 84.9 cm³/mol. The van der Waals surface area contributed by atoms with Gasteiger partial charge < -0.3 is 9.47 Å². The van der Waals surface area contributed by atoms with Crippen LogP contribution >= 0.6 is 0 Å². The fourth-order valence-electron chi connectivity index (χ4n) is 2.70. The highest BCUT2D eigenvalue weighted by molar-refractivity contribution is 5.91. The van der Waals surface area contributed by atoms with Crippen molar-refractivity contribution in [3.63, 3.8) is 0 Å². The van der Waals surface area contributed by atoms with E-state index in [4.69, 9.17) is 9.47 Å². The Balaban J connectivity index is 2.18. The van der Waals surface area contributed by atoms with Crippen molar-refractivity contribution in [1.82, 2.24) is 0 Å². The maximum atomic E-state index is 11.5. The summed E-state index contributed by atoms with van der Waals surface area (Å²) in [4.78, 5) is 11.5. The number of hydrogen-bond acceptors (Lipinski definition) is 3. The van der Waals surface area contributed by atoms with Crippen LogP contribution in [0.2, 0.25) is 0 Å². The average Bonchev–Trinajstić information content (AvgIpc) is 2.52. The maximum Gasteiger partial charge on any atom is 0.161 e. The van der Waals surface area contributed by atoms with Crippen LogP contribution < -0.4 is 9.47 Å². The predicted octanol–water partition coefficient (Wildman–Crippen LogP) is 3.96. The van der Waals surface area contributed by atoms with E-state index < -0.39 is 0 Å². The van der Waals surface area contributed by atoms with Gasteiger partial charge in [0.15, 0.2) is 17.3 Å². The zero-order valence-electron chi connectivity index (χ0n) is 12.8. The van der Waals surface area contributed by atoms with Crippen molar-refractivity contribution in [3.05, 3.63) is 41.5 Å². The number of aryl methyl sites for hydroxylation is 1. The zero-order valence-corrected chi connectivity index (χ0v) is 12.8. The summed E-state index contributed by atoms with van der Waals surface area (Å²) in [5.41, 5.74) is 3.47. The van der Waals surface area contributed by atoms with E-state index in [2.05, 4.69) is 6.58 Å². The van der Waals surface area contributed by atoms with E-state index in [1.807, 2.05) is 24.3 Å². The molecule has 0 radical (unpaired) electrons. The van der Waals surface area contributed by atoms with Gasteiger partial charge in [0.25, 0.3) is 0 Å². The van der Waals surface area contributed by atoms with Crippen LogP contribution in [0.25, 0.3) is 6.08 Å². The molecule has 0 saturated heterocycles. The fraction of sp³-hybridized carbons (Fsp3) is 0.389. The quantitative estimate of drug-likeness (QED) is 0.794. The van der Waals surface area contributed by atoms with E-state index in [1.54, 1.807) is 14.2 Å². The highest BCUT2D eigenvalue weighted by Crippen LogP contribution is 2.32. The lowest BCUT2D eigenvalue weighted by Gasteiger charge is -2.15.